The number of nitrogens with zero attached hydrogens (tertiary/aromatic N) is 2. The fourth-order valence-corrected chi connectivity index (χ4v) is 4.08. The first-order valence-electron chi connectivity index (χ1n) is 8.09. The number of aryl methyl sites for hydroxylation is 1. The van der Waals surface area contributed by atoms with Crippen LogP contribution in [0.4, 0.5) is 9.52 Å². The topological polar surface area (TPSA) is 64.1 Å². The van der Waals surface area contributed by atoms with Crippen LogP contribution in [0.2, 0.25) is 0 Å². The summed E-state index contributed by atoms with van der Waals surface area (Å²) in [7, 11) is 0. The van der Waals surface area contributed by atoms with Gasteiger partial charge in [0.2, 0.25) is 0 Å². The number of anilines is 1. The molecule has 0 aliphatic rings. The third-order valence-corrected chi connectivity index (χ3v) is 5.56. The summed E-state index contributed by atoms with van der Waals surface area (Å²) in [5, 5.41) is 5.68. The Kier molecular flexibility index (Phi) is 4.83. The highest BCUT2D eigenvalue weighted by molar-refractivity contribution is 7.22. The summed E-state index contributed by atoms with van der Waals surface area (Å²) < 4.78 is 19.5. The van der Waals surface area contributed by atoms with Crippen molar-refractivity contribution in [3.63, 3.8) is 0 Å². The molecule has 0 aliphatic carbocycles. The van der Waals surface area contributed by atoms with Gasteiger partial charge >= 0.3 is 0 Å². The van der Waals surface area contributed by atoms with Crippen LogP contribution in [-0.4, -0.2) is 15.9 Å². The molecule has 0 atom stereocenters. The van der Waals surface area contributed by atoms with Crippen LogP contribution in [0.15, 0.2) is 47.8 Å². The smallest absolute Gasteiger partial charge is 0.276 e. The number of nitrogens with one attached hydrogen (secondary N) is 1. The van der Waals surface area contributed by atoms with Gasteiger partial charge in [0, 0.05) is 5.38 Å². The van der Waals surface area contributed by atoms with Crippen molar-refractivity contribution in [2.75, 3.05) is 5.32 Å². The molecule has 0 fully saturated rings. The molecule has 0 radical (unpaired) electrons. The van der Waals surface area contributed by atoms with Gasteiger partial charge in [0.25, 0.3) is 5.91 Å². The number of para-hydroxylation sites is 1. The fourth-order valence-electron chi connectivity index (χ4n) is 2.46. The molecular weight excluding hydrogens is 385 g/mol. The minimum Gasteiger partial charge on any atom is -0.486 e. The molecule has 0 bridgehead atoms. The van der Waals surface area contributed by atoms with Crippen molar-refractivity contribution in [3.8, 4) is 5.75 Å². The number of fused-ring (bicyclic) bond motifs is 1. The van der Waals surface area contributed by atoms with Crippen LogP contribution in [0.25, 0.3) is 10.2 Å². The minimum absolute atomic E-state index is 0.212. The van der Waals surface area contributed by atoms with E-state index in [0.717, 1.165) is 15.8 Å². The van der Waals surface area contributed by atoms with E-state index in [0.29, 0.717) is 21.6 Å². The van der Waals surface area contributed by atoms with E-state index in [1.807, 2.05) is 25.1 Å². The van der Waals surface area contributed by atoms with Crippen molar-refractivity contribution < 1.29 is 13.9 Å². The number of carbonyl (C=O) groups excluding carboxylic acids is 1. The summed E-state index contributed by atoms with van der Waals surface area (Å²) in [6, 6.07) is 11.7. The van der Waals surface area contributed by atoms with E-state index in [1.54, 1.807) is 17.5 Å². The van der Waals surface area contributed by atoms with Crippen LogP contribution in [0.5, 0.6) is 5.75 Å². The molecule has 0 aliphatic heterocycles. The monoisotopic (exact) mass is 399 g/mol. The second-order valence-corrected chi connectivity index (χ2v) is 7.74. The summed E-state index contributed by atoms with van der Waals surface area (Å²) in [5.74, 6) is -0.0842. The largest absolute Gasteiger partial charge is 0.486 e. The Labute approximate surface area is 162 Å². The Balaban J connectivity index is 1.41. The van der Waals surface area contributed by atoms with Crippen LogP contribution in [-0.2, 0) is 6.61 Å². The second kappa shape index (κ2) is 7.42. The van der Waals surface area contributed by atoms with Gasteiger partial charge in [-0.2, -0.15) is 0 Å². The lowest BCUT2D eigenvalue weighted by Gasteiger charge is -2.03. The van der Waals surface area contributed by atoms with Crippen molar-refractivity contribution in [1.29, 1.82) is 0 Å². The normalized spacial score (nSPS) is 10.9. The molecule has 2 aromatic carbocycles. The highest BCUT2D eigenvalue weighted by atomic mass is 32.1. The number of benzene rings is 2. The number of ether oxygens (including phenoxy) is 1. The Morgan fingerprint density at radius 2 is 2.00 bits per heavy atom. The van der Waals surface area contributed by atoms with Gasteiger partial charge in [0.05, 0.1) is 10.2 Å². The Hall–Kier alpha value is -2.84. The van der Waals surface area contributed by atoms with E-state index < -0.39 is 0 Å². The SMILES string of the molecule is Cc1cccc2sc(NC(=O)c3csc(COc4ccc(F)cc4)n3)nc12. The quantitative estimate of drug-likeness (QED) is 0.511. The maximum absolute atomic E-state index is 12.9. The Morgan fingerprint density at radius 3 is 2.78 bits per heavy atom. The molecule has 2 heterocycles. The third-order valence-electron chi connectivity index (χ3n) is 3.80. The van der Waals surface area contributed by atoms with Crippen LogP contribution >= 0.6 is 22.7 Å². The van der Waals surface area contributed by atoms with Gasteiger partial charge in [0.1, 0.15) is 28.9 Å². The zero-order valence-electron chi connectivity index (χ0n) is 14.2. The first-order valence-corrected chi connectivity index (χ1v) is 9.78. The zero-order chi connectivity index (χ0) is 18.8. The van der Waals surface area contributed by atoms with Crippen molar-refractivity contribution >= 4 is 43.9 Å². The lowest BCUT2D eigenvalue weighted by molar-refractivity contribution is 0.102. The van der Waals surface area contributed by atoms with Gasteiger partial charge in [-0.25, -0.2) is 14.4 Å². The molecule has 0 unspecified atom stereocenters. The van der Waals surface area contributed by atoms with Crippen molar-refractivity contribution in [2.24, 2.45) is 0 Å². The number of halogens is 1. The first kappa shape index (κ1) is 17.6. The van der Waals surface area contributed by atoms with E-state index in [1.165, 1.54) is 34.8 Å². The average Bonchev–Trinajstić information content (AvgIpc) is 3.29. The van der Waals surface area contributed by atoms with Gasteiger partial charge in [0.15, 0.2) is 5.13 Å². The van der Waals surface area contributed by atoms with Crippen molar-refractivity contribution in [1.82, 2.24) is 9.97 Å². The molecule has 27 heavy (non-hydrogen) atoms. The van der Waals surface area contributed by atoms with Crippen LogP contribution in [0, 0.1) is 12.7 Å². The highest BCUT2D eigenvalue weighted by Crippen LogP contribution is 2.28. The lowest BCUT2D eigenvalue weighted by Crippen LogP contribution is -2.12. The van der Waals surface area contributed by atoms with Gasteiger partial charge < -0.3 is 4.74 Å². The van der Waals surface area contributed by atoms with Gasteiger partial charge in [-0.3, -0.25) is 10.1 Å². The molecule has 2 aromatic heterocycles. The summed E-state index contributed by atoms with van der Waals surface area (Å²) in [6.07, 6.45) is 0. The lowest BCUT2D eigenvalue weighted by atomic mass is 10.2. The molecule has 0 spiro atoms. The minimum atomic E-state index is -0.319. The van der Waals surface area contributed by atoms with Crippen LogP contribution in [0.3, 0.4) is 0 Å². The van der Waals surface area contributed by atoms with E-state index in [2.05, 4.69) is 15.3 Å². The predicted molar refractivity (Wildman–Crippen MR) is 105 cm³/mol. The first-order chi connectivity index (χ1) is 13.1. The number of amides is 1. The predicted octanol–water partition coefficient (Wildman–Crippen LogP) is 5.03. The Bertz CT molecular complexity index is 1110. The van der Waals surface area contributed by atoms with E-state index in [4.69, 9.17) is 4.74 Å². The van der Waals surface area contributed by atoms with Crippen molar-refractivity contribution in [2.45, 2.75) is 13.5 Å². The highest BCUT2D eigenvalue weighted by Gasteiger charge is 2.14. The third kappa shape index (κ3) is 3.96. The molecule has 4 aromatic rings. The molecule has 1 amide bonds. The summed E-state index contributed by atoms with van der Waals surface area (Å²) in [4.78, 5) is 21.2. The number of carbonyl (C=O) groups is 1. The summed E-state index contributed by atoms with van der Waals surface area (Å²) in [6.45, 7) is 2.20. The number of rotatable bonds is 5. The van der Waals surface area contributed by atoms with E-state index in [9.17, 15) is 9.18 Å². The van der Waals surface area contributed by atoms with E-state index >= 15 is 0 Å². The molecule has 8 heteroatoms. The number of hydrogen-bond donors (Lipinski definition) is 1. The average molecular weight is 399 g/mol. The molecule has 136 valence electrons. The molecule has 5 nitrogen and oxygen atoms in total. The molecule has 0 saturated carbocycles. The fraction of sp³-hybridized carbons (Fsp3) is 0.105. The molecule has 4 rings (SSSR count). The zero-order valence-corrected chi connectivity index (χ0v) is 15.9. The van der Waals surface area contributed by atoms with Crippen molar-refractivity contribution in [3.05, 3.63) is 69.9 Å². The van der Waals surface area contributed by atoms with Crippen LogP contribution < -0.4 is 10.1 Å². The maximum atomic E-state index is 12.9. The van der Waals surface area contributed by atoms with Crippen LogP contribution in [0.1, 0.15) is 21.1 Å². The van der Waals surface area contributed by atoms with E-state index in [-0.39, 0.29) is 18.3 Å². The second-order valence-electron chi connectivity index (χ2n) is 5.76. The summed E-state index contributed by atoms with van der Waals surface area (Å²) in [5.41, 5.74) is 2.27. The number of hydrogen-bond acceptors (Lipinski definition) is 6. The summed E-state index contributed by atoms with van der Waals surface area (Å²) >= 11 is 2.76. The number of thiazole rings is 2. The standard InChI is InChI=1S/C19H14FN3O2S2/c1-11-3-2-4-15-17(11)22-19(27-15)23-18(24)14-10-26-16(21-14)9-25-13-7-5-12(20)6-8-13/h2-8,10H,9H2,1H3,(H,22,23,24). The molecule has 0 saturated heterocycles. The van der Waals surface area contributed by atoms with Gasteiger partial charge in [-0.1, -0.05) is 23.5 Å². The molecular formula is C19H14FN3O2S2. The number of aromatic nitrogens is 2. The van der Waals surface area contributed by atoms with Gasteiger partial charge in [-0.05, 0) is 42.8 Å². The Morgan fingerprint density at radius 1 is 1.19 bits per heavy atom. The maximum Gasteiger partial charge on any atom is 0.276 e. The van der Waals surface area contributed by atoms with Gasteiger partial charge in [-0.15, -0.1) is 11.3 Å². The molecule has 1 N–H and O–H groups in total.